The molecule has 0 aliphatic heterocycles. The van der Waals surface area contributed by atoms with E-state index in [0.29, 0.717) is 18.8 Å². The molecule has 0 N–H and O–H groups in total. The van der Waals surface area contributed by atoms with Crippen molar-refractivity contribution in [1.29, 1.82) is 0 Å². The summed E-state index contributed by atoms with van der Waals surface area (Å²) >= 11 is 0. The maximum atomic E-state index is 12.6. The van der Waals surface area contributed by atoms with Crippen LogP contribution in [0.3, 0.4) is 0 Å². The van der Waals surface area contributed by atoms with Crippen LogP contribution in [0.4, 0.5) is 0 Å². The van der Waals surface area contributed by atoms with Crippen molar-refractivity contribution in [3.05, 3.63) is 23.8 Å². The van der Waals surface area contributed by atoms with Gasteiger partial charge in [0.2, 0.25) is 0 Å². The van der Waals surface area contributed by atoms with Gasteiger partial charge in [-0.3, -0.25) is 4.79 Å². The number of unbranched alkanes of at least 4 members (excludes halogenated alkanes) is 5. The average Bonchev–Trinajstić information content (AvgIpc) is 2.45. The minimum atomic E-state index is -0.490. The monoisotopic (exact) mass is 278 g/mol. The highest BCUT2D eigenvalue weighted by atomic mass is 16.5. The van der Waals surface area contributed by atoms with Crippen LogP contribution in [0.1, 0.15) is 65.2 Å². The molecule has 1 atom stereocenters. The SMILES string of the molecule is CCCCCCCCC(=O)C1(COC)C=CCC=C1C. The fourth-order valence-electron chi connectivity index (χ4n) is 2.90. The number of allylic oxidation sites excluding steroid dienone is 2. The third kappa shape index (κ3) is 4.59. The molecule has 0 bridgehead atoms. The predicted molar refractivity (Wildman–Crippen MR) is 84.8 cm³/mol. The molecule has 1 rings (SSSR count). The Morgan fingerprint density at radius 3 is 2.60 bits per heavy atom. The second-order valence-corrected chi connectivity index (χ2v) is 5.87. The molecule has 0 amide bonds. The Morgan fingerprint density at radius 1 is 1.25 bits per heavy atom. The number of carbonyl (C=O) groups is 1. The van der Waals surface area contributed by atoms with Crippen LogP contribution in [0.5, 0.6) is 0 Å². The van der Waals surface area contributed by atoms with Crippen LogP contribution < -0.4 is 0 Å². The molecule has 0 saturated carbocycles. The zero-order valence-corrected chi connectivity index (χ0v) is 13.4. The van der Waals surface area contributed by atoms with E-state index in [2.05, 4.69) is 32.1 Å². The first kappa shape index (κ1) is 17.2. The molecular weight excluding hydrogens is 248 g/mol. The van der Waals surface area contributed by atoms with E-state index >= 15 is 0 Å². The highest BCUT2D eigenvalue weighted by Gasteiger charge is 2.37. The minimum absolute atomic E-state index is 0.319. The lowest BCUT2D eigenvalue weighted by atomic mass is 9.73. The molecule has 20 heavy (non-hydrogen) atoms. The zero-order chi connectivity index (χ0) is 14.8. The van der Waals surface area contributed by atoms with E-state index in [0.717, 1.165) is 18.4 Å². The number of methoxy groups -OCH3 is 1. The Labute approximate surface area is 124 Å². The van der Waals surface area contributed by atoms with E-state index in [1.54, 1.807) is 7.11 Å². The van der Waals surface area contributed by atoms with Crippen molar-refractivity contribution in [3.8, 4) is 0 Å². The topological polar surface area (TPSA) is 26.3 Å². The van der Waals surface area contributed by atoms with Crippen molar-refractivity contribution in [3.63, 3.8) is 0 Å². The number of Topliss-reactive ketones (excluding diaryl/α,β-unsaturated/α-hetero) is 1. The number of hydrogen-bond donors (Lipinski definition) is 0. The summed E-state index contributed by atoms with van der Waals surface area (Å²) in [6, 6.07) is 0. The first-order chi connectivity index (χ1) is 9.67. The van der Waals surface area contributed by atoms with Crippen LogP contribution in [0, 0.1) is 5.41 Å². The molecule has 1 unspecified atom stereocenters. The summed E-state index contributed by atoms with van der Waals surface area (Å²) in [5.41, 5.74) is 0.661. The summed E-state index contributed by atoms with van der Waals surface area (Å²) in [4.78, 5) is 12.6. The third-order valence-corrected chi connectivity index (χ3v) is 4.29. The molecule has 2 nitrogen and oxygen atoms in total. The summed E-state index contributed by atoms with van der Waals surface area (Å²) in [6.45, 7) is 4.75. The van der Waals surface area contributed by atoms with E-state index in [1.165, 1.54) is 32.1 Å². The van der Waals surface area contributed by atoms with Crippen molar-refractivity contribution in [2.75, 3.05) is 13.7 Å². The number of carbonyl (C=O) groups excluding carboxylic acids is 1. The highest BCUT2D eigenvalue weighted by molar-refractivity contribution is 5.90. The third-order valence-electron chi connectivity index (χ3n) is 4.29. The van der Waals surface area contributed by atoms with Gasteiger partial charge < -0.3 is 4.74 Å². The molecule has 0 saturated heterocycles. The van der Waals surface area contributed by atoms with E-state index in [1.807, 2.05) is 0 Å². The summed E-state index contributed by atoms with van der Waals surface area (Å²) < 4.78 is 5.32. The quantitative estimate of drug-likeness (QED) is 0.422. The summed E-state index contributed by atoms with van der Waals surface area (Å²) in [5, 5.41) is 0. The van der Waals surface area contributed by atoms with Gasteiger partial charge in [0, 0.05) is 13.5 Å². The van der Waals surface area contributed by atoms with Crippen LogP contribution in [0.2, 0.25) is 0 Å². The average molecular weight is 278 g/mol. The van der Waals surface area contributed by atoms with Crippen LogP contribution >= 0.6 is 0 Å². The largest absolute Gasteiger partial charge is 0.383 e. The highest BCUT2D eigenvalue weighted by Crippen LogP contribution is 2.35. The first-order valence-corrected chi connectivity index (χ1v) is 8.04. The molecule has 0 aromatic heterocycles. The van der Waals surface area contributed by atoms with Crippen LogP contribution in [0.15, 0.2) is 23.8 Å². The number of ketones is 1. The molecule has 1 aliphatic rings. The first-order valence-electron chi connectivity index (χ1n) is 8.04. The molecule has 0 heterocycles. The van der Waals surface area contributed by atoms with Gasteiger partial charge >= 0.3 is 0 Å². The summed E-state index contributed by atoms with van der Waals surface area (Å²) in [7, 11) is 1.68. The molecule has 114 valence electrons. The molecule has 0 fully saturated rings. The summed E-state index contributed by atoms with van der Waals surface area (Å²) in [5.74, 6) is 0.319. The molecular formula is C18H30O2. The fraction of sp³-hybridized carbons (Fsp3) is 0.722. The molecule has 1 aliphatic carbocycles. The fourth-order valence-corrected chi connectivity index (χ4v) is 2.90. The van der Waals surface area contributed by atoms with Gasteiger partial charge in [-0.05, 0) is 19.8 Å². The second-order valence-electron chi connectivity index (χ2n) is 5.87. The Kier molecular flexibility index (Phi) is 7.83. The maximum Gasteiger partial charge on any atom is 0.149 e. The smallest absolute Gasteiger partial charge is 0.149 e. The second kappa shape index (κ2) is 9.12. The van der Waals surface area contributed by atoms with Gasteiger partial charge in [-0.2, -0.15) is 0 Å². The Morgan fingerprint density at radius 2 is 1.95 bits per heavy atom. The lowest BCUT2D eigenvalue weighted by molar-refractivity contribution is -0.127. The van der Waals surface area contributed by atoms with E-state index < -0.39 is 5.41 Å². The zero-order valence-electron chi connectivity index (χ0n) is 13.4. The molecule has 0 radical (unpaired) electrons. The molecule has 0 aromatic rings. The van der Waals surface area contributed by atoms with Gasteiger partial charge in [0.1, 0.15) is 5.78 Å². The van der Waals surface area contributed by atoms with Crippen molar-refractivity contribution in [1.82, 2.24) is 0 Å². The van der Waals surface area contributed by atoms with Gasteiger partial charge in [0.05, 0.1) is 12.0 Å². The minimum Gasteiger partial charge on any atom is -0.383 e. The molecule has 0 aromatic carbocycles. The van der Waals surface area contributed by atoms with Gasteiger partial charge in [-0.25, -0.2) is 0 Å². The summed E-state index contributed by atoms with van der Waals surface area (Å²) in [6.07, 6.45) is 15.2. The standard InChI is InChI=1S/C18H30O2/c1-4-5-6-7-8-9-13-17(19)18(15-20-3)14-11-10-12-16(18)2/h11-12,14H,4-10,13,15H2,1-3H3. The predicted octanol–water partition coefficient (Wildman–Crippen LogP) is 4.85. The Bertz CT molecular complexity index is 354. The van der Waals surface area contributed by atoms with Crippen LogP contribution in [0.25, 0.3) is 0 Å². The number of ether oxygens (including phenoxy) is 1. The Hall–Kier alpha value is -0.890. The van der Waals surface area contributed by atoms with E-state index in [4.69, 9.17) is 4.74 Å². The van der Waals surface area contributed by atoms with Crippen molar-refractivity contribution in [2.45, 2.75) is 65.2 Å². The maximum absolute atomic E-state index is 12.6. The molecule has 2 heteroatoms. The van der Waals surface area contributed by atoms with Gasteiger partial charge in [0.15, 0.2) is 0 Å². The van der Waals surface area contributed by atoms with Crippen LogP contribution in [-0.4, -0.2) is 19.5 Å². The number of rotatable bonds is 10. The van der Waals surface area contributed by atoms with Gasteiger partial charge in [0.25, 0.3) is 0 Å². The van der Waals surface area contributed by atoms with E-state index in [9.17, 15) is 4.79 Å². The molecule has 0 spiro atoms. The van der Waals surface area contributed by atoms with Crippen molar-refractivity contribution in [2.24, 2.45) is 5.41 Å². The van der Waals surface area contributed by atoms with Crippen LogP contribution in [-0.2, 0) is 9.53 Å². The van der Waals surface area contributed by atoms with Gasteiger partial charge in [-0.15, -0.1) is 0 Å². The van der Waals surface area contributed by atoms with Crippen molar-refractivity contribution < 1.29 is 9.53 Å². The number of hydrogen-bond acceptors (Lipinski definition) is 2. The lowest BCUT2D eigenvalue weighted by Crippen LogP contribution is -2.36. The lowest BCUT2D eigenvalue weighted by Gasteiger charge is -2.32. The Balaban J connectivity index is 2.47. The van der Waals surface area contributed by atoms with Gasteiger partial charge in [-0.1, -0.05) is 62.8 Å². The van der Waals surface area contributed by atoms with E-state index in [-0.39, 0.29) is 0 Å². The van der Waals surface area contributed by atoms with Crippen molar-refractivity contribution >= 4 is 5.78 Å². The normalized spacial score (nSPS) is 21.9.